The highest BCUT2D eigenvalue weighted by Gasteiger charge is 2.03. The van der Waals surface area contributed by atoms with Crippen LogP contribution < -0.4 is 0 Å². The fraction of sp³-hybridized carbons (Fsp3) is 0.250. The molecule has 1 N–H and O–H groups in total. The van der Waals surface area contributed by atoms with Crippen molar-refractivity contribution in [2.75, 3.05) is 0 Å². The highest BCUT2D eigenvalue weighted by Crippen LogP contribution is 2.07. The lowest BCUT2D eigenvalue weighted by molar-refractivity contribution is 0.281. The topological polar surface area (TPSA) is 38.0 Å². The Hall–Kier alpha value is -1.61. The first-order chi connectivity index (χ1) is 7.29. The van der Waals surface area contributed by atoms with Gasteiger partial charge in [0.05, 0.1) is 18.8 Å². The lowest BCUT2D eigenvalue weighted by Crippen LogP contribution is -1.99. The van der Waals surface area contributed by atoms with Gasteiger partial charge >= 0.3 is 0 Å². The molecule has 0 aliphatic rings. The monoisotopic (exact) mass is 202 g/mol. The molecule has 0 spiro atoms. The summed E-state index contributed by atoms with van der Waals surface area (Å²) in [5.74, 6) is 0. The third kappa shape index (κ3) is 2.25. The van der Waals surface area contributed by atoms with Crippen molar-refractivity contribution in [1.82, 2.24) is 9.78 Å². The van der Waals surface area contributed by atoms with Gasteiger partial charge in [-0.25, -0.2) is 0 Å². The molecule has 0 amide bonds. The van der Waals surface area contributed by atoms with Gasteiger partial charge in [0.15, 0.2) is 0 Å². The fourth-order valence-electron chi connectivity index (χ4n) is 1.57. The summed E-state index contributed by atoms with van der Waals surface area (Å²) in [6, 6.07) is 10.2. The third-order valence-corrected chi connectivity index (χ3v) is 2.41. The van der Waals surface area contributed by atoms with Crippen molar-refractivity contribution in [3.8, 4) is 0 Å². The first-order valence-corrected chi connectivity index (χ1v) is 4.97. The van der Waals surface area contributed by atoms with Crippen molar-refractivity contribution in [2.24, 2.45) is 0 Å². The Morgan fingerprint density at radius 3 is 2.60 bits per heavy atom. The maximum atomic E-state index is 9.04. The van der Waals surface area contributed by atoms with Crippen LogP contribution in [0.2, 0.25) is 0 Å². The number of hydrogen-bond donors (Lipinski definition) is 1. The number of aliphatic hydroxyl groups is 1. The lowest BCUT2D eigenvalue weighted by Gasteiger charge is -2.00. The van der Waals surface area contributed by atoms with E-state index in [9.17, 15) is 0 Å². The van der Waals surface area contributed by atoms with E-state index in [4.69, 9.17) is 5.11 Å². The lowest BCUT2D eigenvalue weighted by atomic mass is 10.2. The normalized spacial score (nSPS) is 10.5. The van der Waals surface area contributed by atoms with Gasteiger partial charge in [0, 0.05) is 11.8 Å². The number of aryl methyl sites for hydroxylation is 1. The van der Waals surface area contributed by atoms with Crippen LogP contribution in [-0.4, -0.2) is 14.9 Å². The molecular weight excluding hydrogens is 188 g/mol. The Morgan fingerprint density at radius 2 is 2.00 bits per heavy atom. The number of hydrogen-bond acceptors (Lipinski definition) is 2. The molecule has 0 saturated heterocycles. The van der Waals surface area contributed by atoms with Gasteiger partial charge in [-0.05, 0) is 12.5 Å². The standard InChI is InChI=1S/C12H14N2O/c1-10-12(9-15)8-14(13-10)7-11-5-3-2-4-6-11/h2-6,8,15H,7,9H2,1H3. The largest absolute Gasteiger partial charge is 0.392 e. The Kier molecular flexibility index (Phi) is 2.83. The Labute approximate surface area is 89.0 Å². The summed E-state index contributed by atoms with van der Waals surface area (Å²) in [6.45, 7) is 2.72. The fourth-order valence-corrected chi connectivity index (χ4v) is 1.57. The maximum Gasteiger partial charge on any atom is 0.0715 e. The summed E-state index contributed by atoms with van der Waals surface area (Å²) >= 11 is 0. The number of rotatable bonds is 3. The first-order valence-electron chi connectivity index (χ1n) is 4.97. The highest BCUT2D eigenvalue weighted by molar-refractivity contribution is 5.18. The second kappa shape index (κ2) is 4.28. The van der Waals surface area contributed by atoms with Gasteiger partial charge in [-0.1, -0.05) is 30.3 Å². The number of nitrogens with zero attached hydrogens (tertiary/aromatic N) is 2. The summed E-state index contributed by atoms with van der Waals surface area (Å²) in [5.41, 5.74) is 3.00. The Balaban J connectivity index is 2.18. The first kappa shape index (κ1) is 9.93. The zero-order chi connectivity index (χ0) is 10.7. The van der Waals surface area contributed by atoms with Crippen LogP contribution in [0.25, 0.3) is 0 Å². The second-order valence-corrected chi connectivity index (χ2v) is 3.58. The summed E-state index contributed by atoms with van der Waals surface area (Å²) < 4.78 is 1.86. The van der Waals surface area contributed by atoms with Crippen LogP contribution in [-0.2, 0) is 13.2 Å². The summed E-state index contributed by atoms with van der Waals surface area (Å²) in [6.07, 6.45) is 1.89. The molecule has 15 heavy (non-hydrogen) atoms. The molecule has 0 saturated carbocycles. The van der Waals surface area contributed by atoms with E-state index in [-0.39, 0.29) is 6.61 Å². The molecule has 3 heteroatoms. The molecule has 0 aliphatic heterocycles. The van der Waals surface area contributed by atoms with E-state index in [1.165, 1.54) is 5.56 Å². The van der Waals surface area contributed by atoms with Crippen LogP contribution in [0.15, 0.2) is 36.5 Å². The average Bonchev–Trinajstić information content (AvgIpc) is 2.60. The van der Waals surface area contributed by atoms with Crippen LogP contribution in [0.3, 0.4) is 0 Å². The van der Waals surface area contributed by atoms with E-state index in [0.717, 1.165) is 17.8 Å². The molecule has 3 nitrogen and oxygen atoms in total. The van der Waals surface area contributed by atoms with Gasteiger partial charge < -0.3 is 5.11 Å². The molecule has 0 aliphatic carbocycles. The molecule has 1 aromatic heterocycles. The maximum absolute atomic E-state index is 9.04. The van der Waals surface area contributed by atoms with E-state index in [1.54, 1.807) is 0 Å². The smallest absolute Gasteiger partial charge is 0.0715 e. The molecule has 2 rings (SSSR count). The summed E-state index contributed by atoms with van der Waals surface area (Å²) in [5, 5.41) is 13.4. The molecule has 78 valence electrons. The number of benzene rings is 1. The Morgan fingerprint density at radius 1 is 1.27 bits per heavy atom. The molecule has 2 aromatic rings. The molecule has 0 fully saturated rings. The highest BCUT2D eigenvalue weighted by atomic mass is 16.3. The third-order valence-electron chi connectivity index (χ3n) is 2.41. The van der Waals surface area contributed by atoms with Gasteiger partial charge in [-0.2, -0.15) is 5.10 Å². The molecule has 0 atom stereocenters. The Bertz CT molecular complexity index is 434. The second-order valence-electron chi connectivity index (χ2n) is 3.58. The minimum absolute atomic E-state index is 0.0562. The van der Waals surface area contributed by atoms with Crippen LogP contribution >= 0.6 is 0 Å². The van der Waals surface area contributed by atoms with Crippen LogP contribution in [0, 0.1) is 6.92 Å². The zero-order valence-electron chi connectivity index (χ0n) is 8.72. The van der Waals surface area contributed by atoms with Crippen LogP contribution in [0.1, 0.15) is 16.8 Å². The predicted molar refractivity (Wildman–Crippen MR) is 58.4 cm³/mol. The van der Waals surface area contributed by atoms with E-state index >= 15 is 0 Å². The predicted octanol–water partition coefficient (Wildman–Crippen LogP) is 1.73. The number of aliphatic hydroxyl groups excluding tert-OH is 1. The van der Waals surface area contributed by atoms with Crippen molar-refractivity contribution in [3.63, 3.8) is 0 Å². The van der Waals surface area contributed by atoms with Gasteiger partial charge in [0.1, 0.15) is 0 Å². The van der Waals surface area contributed by atoms with Gasteiger partial charge in [0.2, 0.25) is 0 Å². The molecule has 1 heterocycles. The van der Waals surface area contributed by atoms with Crippen molar-refractivity contribution in [2.45, 2.75) is 20.1 Å². The average molecular weight is 202 g/mol. The SMILES string of the molecule is Cc1nn(Cc2ccccc2)cc1CO. The zero-order valence-corrected chi connectivity index (χ0v) is 8.72. The molecular formula is C12H14N2O. The summed E-state index contributed by atoms with van der Waals surface area (Å²) in [7, 11) is 0. The molecule has 0 unspecified atom stereocenters. The van der Waals surface area contributed by atoms with Gasteiger partial charge in [-0.3, -0.25) is 4.68 Å². The number of aromatic nitrogens is 2. The van der Waals surface area contributed by atoms with Crippen LogP contribution in [0.4, 0.5) is 0 Å². The van der Waals surface area contributed by atoms with Crippen molar-refractivity contribution in [1.29, 1.82) is 0 Å². The van der Waals surface area contributed by atoms with Crippen molar-refractivity contribution in [3.05, 3.63) is 53.3 Å². The molecule has 1 aromatic carbocycles. The van der Waals surface area contributed by atoms with Crippen LogP contribution in [0.5, 0.6) is 0 Å². The molecule has 0 radical (unpaired) electrons. The minimum Gasteiger partial charge on any atom is -0.392 e. The van der Waals surface area contributed by atoms with E-state index in [2.05, 4.69) is 17.2 Å². The molecule has 0 bridgehead atoms. The van der Waals surface area contributed by atoms with Gasteiger partial charge in [-0.15, -0.1) is 0 Å². The van der Waals surface area contributed by atoms with Gasteiger partial charge in [0.25, 0.3) is 0 Å². The van der Waals surface area contributed by atoms with Crippen molar-refractivity contribution >= 4 is 0 Å². The van der Waals surface area contributed by atoms with Crippen molar-refractivity contribution < 1.29 is 5.11 Å². The summed E-state index contributed by atoms with van der Waals surface area (Å²) in [4.78, 5) is 0. The quantitative estimate of drug-likeness (QED) is 0.823. The van der Waals surface area contributed by atoms with E-state index < -0.39 is 0 Å². The van der Waals surface area contributed by atoms with E-state index in [1.807, 2.05) is 36.0 Å². The van der Waals surface area contributed by atoms with E-state index in [0.29, 0.717) is 0 Å². The minimum atomic E-state index is 0.0562.